The monoisotopic (exact) mass is 443 g/mol. The molecule has 0 aliphatic carbocycles. The predicted molar refractivity (Wildman–Crippen MR) is 104 cm³/mol. The van der Waals surface area contributed by atoms with Crippen molar-refractivity contribution in [2.45, 2.75) is 31.0 Å². The van der Waals surface area contributed by atoms with Gasteiger partial charge in [0.05, 0.1) is 23.0 Å². The molecule has 2 rings (SSSR count). The van der Waals surface area contributed by atoms with Crippen molar-refractivity contribution in [3.8, 4) is 0 Å². The first kappa shape index (κ1) is 23.4. The molecule has 0 radical (unpaired) electrons. The molecule has 0 bridgehead atoms. The Morgan fingerprint density at radius 3 is 2.37 bits per heavy atom. The molecule has 0 spiro atoms. The van der Waals surface area contributed by atoms with Crippen molar-refractivity contribution in [2.24, 2.45) is 0 Å². The van der Waals surface area contributed by atoms with Crippen LogP contribution < -0.4 is 15.4 Å². The smallest absolute Gasteiger partial charge is 0.348 e. The Balaban J connectivity index is 2.01. The van der Waals surface area contributed by atoms with E-state index in [4.69, 9.17) is 0 Å². The van der Waals surface area contributed by atoms with Crippen LogP contribution in [0.1, 0.15) is 31.0 Å². The standard InChI is InChI=1S/C19H20F3N3O4S/c1-12(14-5-3-7-16(9-14)25-13(2)26)24-18(27)11-23-30(28,29)17-8-4-6-15(10-17)19(20,21)22/h3-10,12,23H,11H2,1-2H3,(H,24,27)(H,25,26). The summed E-state index contributed by atoms with van der Waals surface area (Å²) in [5, 5.41) is 5.19. The van der Waals surface area contributed by atoms with Gasteiger partial charge in [-0.15, -0.1) is 0 Å². The van der Waals surface area contributed by atoms with Gasteiger partial charge in [-0.2, -0.15) is 13.2 Å². The summed E-state index contributed by atoms with van der Waals surface area (Å²) in [7, 11) is -4.32. The number of anilines is 1. The van der Waals surface area contributed by atoms with E-state index in [2.05, 4.69) is 10.6 Å². The minimum atomic E-state index is -4.69. The molecule has 0 saturated heterocycles. The molecule has 0 heterocycles. The van der Waals surface area contributed by atoms with E-state index in [0.29, 0.717) is 17.3 Å². The number of halogens is 3. The van der Waals surface area contributed by atoms with Crippen molar-refractivity contribution in [1.29, 1.82) is 0 Å². The lowest BCUT2D eigenvalue weighted by atomic mass is 10.1. The van der Waals surface area contributed by atoms with E-state index in [1.165, 1.54) is 6.92 Å². The SMILES string of the molecule is CC(=O)Nc1cccc(C(C)NC(=O)CNS(=O)(=O)c2cccc(C(F)(F)F)c2)c1. The van der Waals surface area contributed by atoms with Crippen LogP contribution in [0.4, 0.5) is 18.9 Å². The van der Waals surface area contributed by atoms with Crippen LogP contribution in [-0.4, -0.2) is 26.8 Å². The van der Waals surface area contributed by atoms with E-state index in [-0.39, 0.29) is 5.91 Å². The highest BCUT2D eigenvalue weighted by molar-refractivity contribution is 7.89. The fraction of sp³-hybridized carbons (Fsp3) is 0.263. The zero-order chi connectivity index (χ0) is 22.5. The molecule has 3 N–H and O–H groups in total. The predicted octanol–water partition coefficient (Wildman–Crippen LogP) is 2.82. The largest absolute Gasteiger partial charge is 0.416 e. The van der Waals surface area contributed by atoms with E-state index < -0.39 is 45.2 Å². The molecule has 2 amide bonds. The fourth-order valence-electron chi connectivity index (χ4n) is 2.55. The summed E-state index contributed by atoms with van der Waals surface area (Å²) < 4.78 is 64.7. The number of nitrogens with one attached hydrogen (secondary N) is 3. The lowest BCUT2D eigenvalue weighted by Gasteiger charge is -2.16. The summed E-state index contributed by atoms with van der Waals surface area (Å²) in [6.07, 6.45) is -4.69. The Morgan fingerprint density at radius 2 is 1.73 bits per heavy atom. The van der Waals surface area contributed by atoms with Crippen molar-refractivity contribution in [3.63, 3.8) is 0 Å². The minimum Gasteiger partial charge on any atom is -0.348 e. The number of rotatable bonds is 7. The van der Waals surface area contributed by atoms with Crippen LogP contribution in [0.5, 0.6) is 0 Å². The lowest BCUT2D eigenvalue weighted by Crippen LogP contribution is -2.38. The molecule has 2 aromatic rings. The average Bonchev–Trinajstić information content (AvgIpc) is 2.65. The quantitative estimate of drug-likeness (QED) is 0.612. The van der Waals surface area contributed by atoms with E-state index in [9.17, 15) is 31.2 Å². The number of hydrogen-bond donors (Lipinski definition) is 3. The highest BCUT2D eigenvalue weighted by Crippen LogP contribution is 2.30. The van der Waals surface area contributed by atoms with E-state index >= 15 is 0 Å². The van der Waals surface area contributed by atoms with Crippen molar-refractivity contribution < 1.29 is 31.2 Å². The molecule has 11 heteroatoms. The van der Waals surface area contributed by atoms with Crippen molar-refractivity contribution in [1.82, 2.24) is 10.0 Å². The zero-order valence-electron chi connectivity index (χ0n) is 16.1. The zero-order valence-corrected chi connectivity index (χ0v) is 16.9. The van der Waals surface area contributed by atoms with Crippen LogP contribution in [0.3, 0.4) is 0 Å². The van der Waals surface area contributed by atoms with Gasteiger partial charge in [0.15, 0.2) is 0 Å². The van der Waals surface area contributed by atoms with Gasteiger partial charge in [-0.05, 0) is 42.8 Å². The first-order valence-corrected chi connectivity index (χ1v) is 10.2. The molecular formula is C19H20F3N3O4S. The highest BCUT2D eigenvalue weighted by Gasteiger charge is 2.31. The molecular weight excluding hydrogens is 423 g/mol. The van der Waals surface area contributed by atoms with Gasteiger partial charge in [0, 0.05) is 12.6 Å². The Labute approximate surface area is 171 Å². The number of sulfonamides is 1. The van der Waals surface area contributed by atoms with Crippen LogP contribution in [0.25, 0.3) is 0 Å². The number of carbonyl (C=O) groups is 2. The number of amides is 2. The van der Waals surface area contributed by atoms with Gasteiger partial charge in [0.2, 0.25) is 21.8 Å². The summed E-state index contributed by atoms with van der Waals surface area (Å²) >= 11 is 0. The summed E-state index contributed by atoms with van der Waals surface area (Å²) in [6.45, 7) is 2.36. The third-order valence-corrected chi connectivity index (χ3v) is 5.38. The Hall–Kier alpha value is -2.92. The first-order valence-electron chi connectivity index (χ1n) is 8.72. The van der Waals surface area contributed by atoms with E-state index in [1.54, 1.807) is 31.2 Å². The van der Waals surface area contributed by atoms with Gasteiger partial charge in [-0.3, -0.25) is 9.59 Å². The summed E-state index contributed by atoms with van der Waals surface area (Å²) in [6, 6.07) is 9.43. The molecule has 7 nitrogen and oxygen atoms in total. The van der Waals surface area contributed by atoms with Crippen molar-refractivity contribution >= 4 is 27.5 Å². The molecule has 1 atom stereocenters. The topological polar surface area (TPSA) is 104 Å². The number of carbonyl (C=O) groups excluding carboxylic acids is 2. The number of alkyl halides is 3. The molecule has 0 fully saturated rings. The molecule has 1 unspecified atom stereocenters. The summed E-state index contributed by atoms with van der Waals surface area (Å²) in [4.78, 5) is 22.6. The maximum absolute atomic E-state index is 12.8. The van der Waals surface area contributed by atoms with Crippen LogP contribution in [0.2, 0.25) is 0 Å². The molecule has 0 aromatic heterocycles. The maximum atomic E-state index is 12.8. The highest BCUT2D eigenvalue weighted by atomic mass is 32.2. The van der Waals surface area contributed by atoms with Gasteiger partial charge >= 0.3 is 6.18 Å². The van der Waals surface area contributed by atoms with Crippen LogP contribution in [0.15, 0.2) is 53.4 Å². The van der Waals surface area contributed by atoms with Gasteiger partial charge in [-0.1, -0.05) is 18.2 Å². The van der Waals surface area contributed by atoms with Crippen molar-refractivity contribution in [2.75, 3.05) is 11.9 Å². The van der Waals surface area contributed by atoms with Gasteiger partial charge in [-0.25, -0.2) is 13.1 Å². The van der Waals surface area contributed by atoms with Gasteiger partial charge in [0.25, 0.3) is 0 Å². The average molecular weight is 443 g/mol. The maximum Gasteiger partial charge on any atom is 0.416 e. The molecule has 0 aliphatic rings. The second kappa shape index (κ2) is 9.26. The van der Waals surface area contributed by atoms with Gasteiger partial charge < -0.3 is 10.6 Å². The molecule has 2 aromatic carbocycles. The van der Waals surface area contributed by atoms with E-state index in [1.807, 2.05) is 4.72 Å². The Bertz CT molecular complexity index is 1040. The molecule has 0 saturated carbocycles. The van der Waals surface area contributed by atoms with Crippen LogP contribution in [0, 0.1) is 0 Å². The summed E-state index contributed by atoms with van der Waals surface area (Å²) in [5.41, 5.74) is 0.0872. The number of hydrogen-bond acceptors (Lipinski definition) is 4. The lowest BCUT2D eigenvalue weighted by molar-refractivity contribution is -0.137. The second-order valence-corrected chi connectivity index (χ2v) is 8.21. The summed E-state index contributed by atoms with van der Waals surface area (Å²) in [5.74, 6) is -0.934. The third kappa shape index (κ3) is 6.56. The van der Waals surface area contributed by atoms with Crippen LogP contribution >= 0.6 is 0 Å². The van der Waals surface area contributed by atoms with Crippen molar-refractivity contribution in [3.05, 3.63) is 59.7 Å². The normalized spacial score (nSPS) is 12.8. The molecule has 162 valence electrons. The first-order chi connectivity index (χ1) is 13.9. The Morgan fingerprint density at radius 1 is 1.07 bits per heavy atom. The fourth-order valence-corrected chi connectivity index (χ4v) is 3.58. The Kier molecular flexibility index (Phi) is 7.21. The van der Waals surface area contributed by atoms with Crippen LogP contribution in [-0.2, 0) is 25.8 Å². The molecule has 30 heavy (non-hydrogen) atoms. The molecule has 0 aliphatic heterocycles. The van der Waals surface area contributed by atoms with E-state index in [0.717, 1.165) is 18.2 Å². The minimum absolute atomic E-state index is 0.257. The second-order valence-electron chi connectivity index (χ2n) is 6.45. The third-order valence-electron chi connectivity index (χ3n) is 3.98. The van der Waals surface area contributed by atoms with Gasteiger partial charge in [0.1, 0.15) is 0 Å². The number of benzene rings is 2.